The molecular weight excluding hydrogens is 368 g/mol. The summed E-state index contributed by atoms with van der Waals surface area (Å²) in [7, 11) is 0. The molecule has 8 heteroatoms. The van der Waals surface area contributed by atoms with Crippen LogP contribution in [-0.4, -0.2) is 21.0 Å². The summed E-state index contributed by atoms with van der Waals surface area (Å²) in [5, 5.41) is 7.41. The third-order valence-corrected chi connectivity index (χ3v) is 4.42. The summed E-state index contributed by atoms with van der Waals surface area (Å²) in [6, 6.07) is 8.20. The molecule has 0 radical (unpaired) electrons. The van der Waals surface area contributed by atoms with E-state index in [0.29, 0.717) is 40.0 Å². The molecule has 27 heavy (non-hydrogen) atoms. The number of hydrogen-bond donors (Lipinski definition) is 2. The maximum absolute atomic E-state index is 12.8. The summed E-state index contributed by atoms with van der Waals surface area (Å²) < 4.78 is 5.08. The van der Waals surface area contributed by atoms with E-state index in [1.807, 2.05) is 12.1 Å². The molecule has 3 rings (SSSR count). The molecule has 0 bridgehead atoms. The zero-order valence-electron chi connectivity index (χ0n) is 15.2. The molecule has 2 N–H and O–H groups in total. The first kappa shape index (κ1) is 18.8. The molecule has 2 aromatic heterocycles. The Morgan fingerprint density at radius 1 is 1.26 bits per heavy atom. The second-order valence-corrected chi connectivity index (χ2v) is 6.74. The van der Waals surface area contributed by atoms with E-state index in [1.54, 1.807) is 32.9 Å². The molecule has 2 heterocycles. The number of nitrogens with one attached hydrogen (secondary N) is 2. The van der Waals surface area contributed by atoms with Crippen molar-refractivity contribution in [3.05, 3.63) is 79.8 Å². The van der Waals surface area contributed by atoms with Crippen molar-refractivity contribution in [2.24, 2.45) is 0 Å². The van der Waals surface area contributed by atoms with E-state index in [1.165, 1.54) is 6.07 Å². The van der Waals surface area contributed by atoms with E-state index in [9.17, 15) is 9.59 Å². The number of halogens is 1. The monoisotopic (exact) mass is 386 g/mol. The Kier molecular flexibility index (Phi) is 5.41. The van der Waals surface area contributed by atoms with Gasteiger partial charge in [-0.05, 0) is 38.5 Å². The van der Waals surface area contributed by atoms with Gasteiger partial charge in [0.1, 0.15) is 17.1 Å². The smallest absolute Gasteiger partial charge is 0.257 e. The zero-order valence-corrected chi connectivity index (χ0v) is 15.9. The molecule has 1 amide bonds. The molecule has 0 aliphatic carbocycles. The van der Waals surface area contributed by atoms with Gasteiger partial charge in [-0.15, -0.1) is 0 Å². The van der Waals surface area contributed by atoms with Crippen LogP contribution in [0.2, 0.25) is 5.02 Å². The van der Waals surface area contributed by atoms with Crippen LogP contribution in [0.25, 0.3) is 0 Å². The number of benzene rings is 1. The van der Waals surface area contributed by atoms with Crippen molar-refractivity contribution in [2.75, 3.05) is 0 Å². The average Bonchev–Trinajstić information content (AvgIpc) is 2.92. The van der Waals surface area contributed by atoms with Crippen LogP contribution in [0.4, 0.5) is 0 Å². The second kappa shape index (κ2) is 7.75. The van der Waals surface area contributed by atoms with Crippen LogP contribution in [0.3, 0.4) is 0 Å². The topological polar surface area (TPSA) is 101 Å². The Labute approximate surface area is 160 Å². The van der Waals surface area contributed by atoms with Crippen molar-refractivity contribution in [2.45, 2.75) is 33.2 Å². The Morgan fingerprint density at radius 3 is 2.56 bits per heavy atom. The maximum atomic E-state index is 12.8. The highest BCUT2D eigenvalue weighted by atomic mass is 35.5. The van der Waals surface area contributed by atoms with E-state index >= 15 is 0 Å². The standard InChI is InChI=1S/C19H19ClN4O3/c1-10-18(11(2)27-24-10)19(26)23-16(13-4-6-14(20)7-5-13)8-15-9-17(25)22-12(3)21-15/h4-7,9,16H,8H2,1-3H3,(H,23,26)(H,21,22,25). The van der Waals surface area contributed by atoms with Gasteiger partial charge in [-0.1, -0.05) is 28.9 Å². The SMILES string of the molecule is Cc1nc(CC(NC(=O)c2c(C)noc2C)c2ccc(Cl)cc2)cc(=O)[nH]1. The summed E-state index contributed by atoms with van der Waals surface area (Å²) in [6.07, 6.45) is 0.349. The van der Waals surface area contributed by atoms with Crippen LogP contribution >= 0.6 is 11.6 Å². The maximum Gasteiger partial charge on any atom is 0.257 e. The average molecular weight is 387 g/mol. The van der Waals surface area contributed by atoms with Crippen molar-refractivity contribution in [1.29, 1.82) is 0 Å². The molecule has 1 unspecified atom stereocenters. The number of nitrogens with zero attached hydrogens (tertiary/aromatic N) is 2. The van der Waals surface area contributed by atoms with Crippen LogP contribution in [0.15, 0.2) is 39.6 Å². The van der Waals surface area contributed by atoms with Crippen molar-refractivity contribution < 1.29 is 9.32 Å². The number of hydrogen-bond acceptors (Lipinski definition) is 5. The molecule has 3 aromatic rings. The quantitative estimate of drug-likeness (QED) is 0.701. The number of rotatable bonds is 5. The van der Waals surface area contributed by atoms with Gasteiger partial charge in [0.2, 0.25) is 0 Å². The van der Waals surface area contributed by atoms with E-state index in [4.69, 9.17) is 16.1 Å². The molecule has 7 nitrogen and oxygen atoms in total. The number of carbonyl (C=O) groups is 1. The number of carbonyl (C=O) groups excluding carboxylic acids is 1. The van der Waals surface area contributed by atoms with Gasteiger partial charge in [0.05, 0.1) is 17.4 Å². The van der Waals surface area contributed by atoms with Crippen LogP contribution in [0.1, 0.15) is 44.9 Å². The fourth-order valence-electron chi connectivity index (χ4n) is 2.94. The molecule has 0 saturated carbocycles. The Balaban J connectivity index is 1.93. The lowest BCUT2D eigenvalue weighted by molar-refractivity contribution is 0.0934. The van der Waals surface area contributed by atoms with Gasteiger partial charge in [0.25, 0.3) is 11.5 Å². The summed E-state index contributed by atoms with van der Waals surface area (Å²) >= 11 is 5.98. The van der Waals surface area contributed by atoms with Crippen molar-refractivity contribution in [3.8, 4) is 0 Å². The molecular formula is C19H19ClN4O3. The van der Waals surface area contributed by atoms with E-state index in [2.05, 4.69) is 20.4 Å². The highest BCUT2D eigenvalue weighted by Gasteiger charge is 2.22. The molecule has 140 valence electrons. The van der Waals surface area contributed by atoms with Gasteiger partial charge < -0.3 is 14.8 Å². The first-order valence-corrected chi connectivity index (χ1v) is 8.77. The van der Waals surface area contributed by atoms with Gasteiger partial charge in [0.15, 0.2) is 0 Å². The van der Waals surface area contributed by atoms with Gasteiger partial charge in [-0.2, -0.15) is 0 Å². The van der Waals surface area contributed by atoms with Crippen molar-refractivity contribution in [3.63, 3.8) is 0 Å². The largest absolute Gasteiger partial charge is 0.361 e. The highest BCUT2D eigenvalue weighted by molar-refractivity contribution is 6.30. The predicted molar refractivity (Wildman–Crippen MR) is 101 cm³/mol. The van der Waals surface area contributed by atoms with Crippen LogP contribution < -0.4 is 10.9 Å². The first-order chi connectivity index (χ1) is 12.8. The number of aromatic amines is 1. The number of aryl methyl sites for hydroxylation is 3. The van der Waals surface area contributed by atoms with Gasteiger partial charge in [-0.3, -0.25) is 9.59 Å². The predicted octanol–water partition coefficient (Wildman–Crippen LogP) is 3.05. The molecule has 0 spiro atoms. The third-order valence-electron chi connectivity index (χ3n) is 4.16. The number of aromatic nitrogens is 3. The summed E-state index contributed by atoms with van der Waals surface area (Å²) in [5.41, 5.74) is 2.12. The molecule has 1 atom stereocenters. The first-order valence-electron chi connectivity index (χ1n) is 8.39. The fraction of sp³-hybridized carbons (Fsp3) is 0.263. The van der Waals surface area contributed by atoms with Crippen molar-refractivity contribution in [1.82, 2.24) is 20.4 Å². The molecule has 0 fully saturated rings. The third kappa shape index (κ3) is 4.43. The number of amides is 1. The molecule has 0 aliphatic rings. The lowest BCUT2D eigenvalue weighted by Crippen LogP contribution is -2.31. The second-order valence-electron chi connectivity index (χ2n) is 6.30. The summed E-state index contributed by atoms with van der Waals surface area (Å²) in [6.45, 7) is 5.11. The Morgan fingerprint density at radius 2 is 1.96 bits per heavy atom. The normalized spacial score (nSPS) is 12.0. The van der Waals surface area contributed by atoms with Crippen LogP contribution in [0, 0.1) is 20.8 Å². The zero-order chi connectivity index (χ0) is 19.6. The van der Waals surface area contributed by atoms with Gasteiger partial charge in [0, 0.05) is 17.5 Å². The van der Waals surface area contributed by atoms with E-state index in [0.717, 1.165) is 5.56 Å². The summed E-state index contributed by atoms with van der Waals surface area (Å²) in [4.78, 5) is 31.5. The Bertz CT molecular complexity index is 1000. The van der Waals surface area contributed by atoms with E-state index < -0.39 is 6.04 Å². The minimum Gasteiger partial charge on any atom is -0.361 e. The Hall–Kier alpha value is -2.93. The van der Waals surface area contributed by atoms with Gasteiger partial charge >= 0.3 is 0 Å². The van der Waals surface area contributed by atoms with Crippen molar-refractivity contribution >= 4 is 17.5 Å². The molecule has 0 saturated heterocycles. The lowest BCUT2D eigenvalue weighted by atomic mass is 10.0. The fourth-order valence-corrected chi connectivity index (χ4v) is 3.07. The number of H-pyrrole nitrogens is 1. The van der Waals surface area contributed by atoms with E-state index in [-0.39, 0.29) is 11.5 Å². The molecule has 0 aliphatic heterocycles. The molecule has 1 aromatic carbocycles. The van der Waals surface area contributed by atoms with Crippen LogP contribution in [-0.2, 0) is 6.42 Å². The highest BCUT2D eigenvalue weighted by Crippen LogP contribution is 2.21. The minimum absolute atomic E-state index is 0.232. The van der Waals surface area contributed by atoms with Gasteiger partial charge in [-0.25, -0.2) is 4.98 Å². The summed E-state index contributed by atoms with van der Waals surface area (Å²) in [5.74, 6) is 0.669. The van der Waals surface area contributed by atoms with Crippen LogP contribution in [0.5, 0.6) is 0 Å². The lowest BCUT2D eigenvalue weighted by Gasteiger charge is -2.19. The minimum atomic E-state index is -0.405.